The predicted octanol–water partition coefficient (Wildman–Crippen LogP) is -3.36. The van der Waals surface area contributed by atoms with E-state index >= 15 is 0 Å². The zero-order chi connectivity index (χ0) is 21.1. The van der Waals surface area contributed by atoms with E-state index in [4.69, 9.17) is 16.6 Å². The minimum absolute atomic E-state index is 0.254. The number of aliphatic hydroxyl groups is 2. The molecule has 2 saturated heterocycles. The number of carbonyl (C=O) groups excluding carboxylic acids is 4. The minimum atomic E-state index is -1.95. The largest absolute Gasteiger partial charge is 0.394 e. The second-order valence-corrected chi connectivity index (χ2v) is 7.38. The molecule has 0 aromatic heterocycles. The van der Waals surface area contributed by atoms with Gasteiger partial charge in [-0.2, -0.15) is 0 Å². The molecule has 0 aromatic carbocycles. The number of hydrogen-bond acceptors (Lipinski definition) is 8. The summed E-state index contributed by atoms with van der Waals surface area (Å²) in [6.07, 6.45) is 0.949. The van der Waals surface area contributed by atoms with Crippen LogP contribution in [0.1, 0.15) is 32.6 Å². The summed E-state index contributed by atoms with van der Waals surface area (Å²) < 4.78 is 0. The lowest BCUT2D eigenvalue weighted by atomic mass is 10.1. The van der Waals surface area contributed by atoms with Gasteiger partial charge in [-0.25, -0.2) is 0 Å². The summed E-state index contributed by atoms with van der Waals surface area (Å²) in [6.45, 7) is 1.44. The van der Waals surface area contributed by atoms with Crippen molar-refractivity contribution in [3.8, 4) is 0 Å². The first-order valence-corrected chi connectivity index (χ1v) is 9.39. The van der Waals surface area contributed by atoms with Crippen LogP contribution in [0.25, 0.3) is 0 Å². The molecule has 3 amide bonds. The third kappa shape index (κ3) is 4.32. The van der Waals surface area contributed by atoms with E-state index in [0.29, 0.717) is 38.8 Å². The van der Waals surface area contributed by atoms with Crippen LogP contribution >= 0.6 is 0 Å². The number of amides is 3. The van der Waals surface area contributed by atoms with Gasteiger partial charge in [0.1, 0.15) is 18.1 Å². The number of aliphatic hydroxyl groups excluding tert-OH is 2. The van der Waals surface area contributed by atoms with Gasteiger partial charge < -0.3 is 36.8 Å². The van der Waals surface area contributed by atoms with Crippen LogP contribution in [0.2, 0.25) is 0 Å². The molecule has 158 valence electrons. The Kier molecular flexibility index (Phi) is 7.10. The third-order valence-electron chi connectivity index (χ3n) is 5.40. The first-order chi connectivity index (χ1) is 13.2. The van der Waals surface area contributed by atoms with Gasteiger partial charge in [0, 0.05) is 13.1 Å². The lowest BCUT2D eigenvalue weighted by Gasteiger charge is -2.34. The van der Waals surface area contributed by atoms with Crippen LogP contribution in [0.15, 0.2) is 0 Å². The van der Waals surface area contributed by atoms with Gasteiger partial charge in [-0.05, 0) is 32.6 Å². The molecular weight excluding hydrogens is 370 g/mol. The fraction of sp³-hybridized carbons (Fsp3) is 0.765. The average molecular weight is 399 g/mol. The Balaban J connectivity index is 2.13. The molecule has 5 atom stereocenters. The maximum absolute atomic E-state index is 13.1. The first kappa shape index (κ1) is 22.2. The van der Waals surface area contributed by atoms with Crippen LogP contribution in [0.4, 0.5) is 0 Å². The summed E-state index contributed by atoms with van der Waals surface area (Å²) >= 11 is 0. The Morgan fingerprint density at radius 2 is 1.79 bits per heavy atom. The van der Waals surface area contributed by atoms with E-state index < -0.39 is 48.3 Å². The van der Waals surface area contributed by atoms with E-state index in [2.05, 4.69) is 5.32 Å². The molecule has 0 unspecified atom stereocenters. The molecule has 0 radical (unpaired) electrons. The van der Waals surface area contributed by atoms with Gasteiger partial charge in [-0.3, -0.25) is 19.2 Å². The number of carbonyl (C=O) groups is 4. The van der Waals surface area contributed by atoms with Gasteiger partial charge in [0.15, 0.2) is 11.9 Å². The van der Waals surface area contributed by atoms with Crippen LogP contribution in [0, 0.1) is 0 Å². The van der Waals surface area contributed by atoms with E-state index in [-0.39, 0.29) is 12.2 Å². The highest BCUT2D eigenvalue weighted by molar-refractivity contribution is 5.94. The number of likely N-dealkylation sites (tertiary alicyclic amines) is 2. The molecule has 11 nitrogen and oxygen atoms in total. The molecule has 2 aliphatic heterocycles. The van der Waals surface area contributed by atoms with Crippen molar-refractivity contribution in [3.63, 3.8) is 0 Å². The Bertz CT molecular complexity index is 629. The monoisotopic (exact) mass is 399 g/mol. The lowest BCUT2D eigenvalue weighted by Crippen LogP contribution is -2.66. The van der Waals surface area contributed by atoms with E-state index in [1.54, 1.807) is 0 Å². The molecule has 0 saturated carbocycles. The van der Waals surface area contributed by atoms with Gasteiger partial charge in [-0.15, -0.1) is 0 Å². The summed E-state index contributed by atoms with van der Waals surface area (Å²) in [5.74, 6) is -1.52. The molecule has 2 fully saturated rings. The van der Waals surface area contributed by atoms with E-state index in [0.717, 1.165) is 0 Å². The molecule has 2 heterocycles. The SMILES string of the molecule is C[C@@H](O)[C@@](N)(C=O)NC(=O)[C@@H]1CCCN1C(=O)[C@@H]1CCCN1C(=O)[C@@H](N)CO. The zero-order valence-corrected chi connectivity index (χ0v) is 15.9. The van der Waals surface area contributed by atoms with Crippen molar-refractivity contribution in [1.29, 1.82) is 0 Å². The molecule has 0 bridgehead atoms. The molecular formula is C17H29N5O6. The number of rotatable bonds is 7. The topological polar surface area (TPSA) is 179 Å². The smallest absolute Gasteiger partial charge is 0.246 e. The number of hydrogen-bond donors (Lipinski definition) is 5. The molecule has 7 N–H and O–H groups in total. The summed E-state index contributed by atoms with van der Waals surface area (Å²) in [5.41, 5.74) is 9.37. The van der Waals surface area contributed by atoms with Gasteiger partial charge in [-0.1, -0.05) is 0 Å². The van der Waals surface area contributed by atoms with Gasteiger partial charge in [0.25, 0.3) is 0 Å². The Hall–Kier alpha value is -2.08. The first-order valence-electron chi connectivity index (χ1n) is 9.39. The second-order valence-electron chi connectivity index (χ2n) is 7.38. The number of nitrogens with one attached hydrogen (secondary N) is 1. The zero-order valence-electron chi connectivity index (χ0n) is 15.9. The van der Waals surface area contributed by atoms with E-state index in [1.165, 1.54) is 16.7 Å². The highest BCUT2D eigenvalue weighted by Crippen LogP contribution is 2.25. The summed E-state index contributed by atoms with van der Waals surface area (Å²) in [4.78, 5) is 51.9. The summed E-state index contributed by atoms with van der Waals surface area (Å²) in [7, 11) is 0. The fourth-order valence-electron chi connectivity index (χ4n) is 3.60. The molecule has 2 rings (SSSR count). The van der Waals surface area contributed by atoms with E-state index in [9.17, 15) is 24.3 Å². The van der Waals surface area contributed by atoms with Crippen LogP contribution < -0.4 is 16.8 Å². The van der Waals surface area contributed by atoms with E-state index in [1.807, 2.05) is 0 Å². The Labute approximate surface area is 163 Å². The summed E-state index contributed by atoms with van der Waals surface area (Å²) in [6, 6.07) is -2.69. The van der Waals surface area contributed by atoms with Crippen LogP contribution in [-0.4, -0.2) is 93.6 Å². The van der Waals surface area contributed by atoms with Crippen molar-refractivity contribution in [2.45, 2.75) is 62.5 Å². The molecule has 11 heteroatoms. The fourth-order valence-corrected chi connectivity index (χ4v) is 3.60. The minimum Gasteiger partial charge on any atom is -0.394 e. The molecule has 28 heavy (non-hydrogen) atoms. The number of nitrogens with two attached hydrogens (primary N) is 2. The van der Waals surface area contributed by atoms with Gasteiger partial charge >= 0.3 is 0 Å². The van der Waals surface area contributed by atoms with Crippen molar-refractivity contribution in [1.82, 2.24) is 15.1 Å². The molecule has 0 aromatic rings. The van der Waals surface area contributed by atoms with Gasteiger partial charge in [0.05, 0.1) is 12.7 Å². The second kappa shape index (κ2) is 8.95. The maximum atomic E-state index is 13.1. The normalized spacial score (nSPS) is 26.5. The number of aldehydes is 1. The predicted molar refractivity (Wildman–Crippen MR) is 97.3 cm³/mol. The van der Waals surface area contributed by atoms with Gasteiger partial charge in [0.2, 0.25) is 17.7 Å². The summed E-state index contributed by atoms with van der Waals surface area (Å²) in [5, 5.41) is 21.1. The molecule has 2 aliphatic rings. The molecule has 0 aliphatic carbocycles. The lowest BCUT2D eigenvalue weighted by molar-refractivity contribution is -0.148. The standard InChI is InChI=1S/C17H29N5O6/c1-10(25)17(19,9-24)20-14(26)12-4-2-6-21(12)16(28)13-5-3-7-22(13)15(27)11(18)8-23/h9-13,23,25H,2-8,18-19H2,1H3,(H,20,26)/t10-,11+,12+,13+,17-/m1/s1. The quantitative estimate of drug-likeness (QED) is 0.217. The van der Waals surface area contributed by atoms with Crippen LogP contribution in [0.3, 0.4) is 0 Å². The Morgan fingerprint density at radius 1 is 1.21 bits per heavy atom. The number of nitrogens with zero attached hydrogens (tertiary/aromatic N) is 2. The van der Waals surface area contributed by atoms with Crippen molar-refractivity contribution >= 4 is 24.0 Å². The van der Waals surface area contributed by atoms with Crippen molar-refractivity contribution < 1.29 is 29.4 Å². The van der Waals surface area contributed by atoms with Crippen molar-refractivity contribution in [3.05, 3.63) is 0 Å². The Morgan fingerprint density at radius 3 is 2.32 bits per heavy atom. The maximum Gasteiger partial charge on any atom is 0.246 e. The highest BCUT2D eigenvalue weighted by atomic mass is 16.3. The third-order valence-corrected chi connectivity index (χ3v) is 5.40. The average Bonchev–Trinajstić information content (AvgIpc) is 3.35. The van der Waals surface area contributed by atoms with Crippen molar-refractivity contribution in [2.24, 2.45) is 11.5 Å². The molecule has 0 spiro atoms. The van der Waals surface area contributed by atoms with Crippen LogP contribution in [-0.2, 0) is 19.2 Å². The van der Waals surface area contributed by atoms with Crippen molar-refractivity contribution in [2.75, 3.05) is 19.7 Å². The van der Waals surface area contributed by atoms with Crippen LogP contribution in [0.5, 0.6) is 0 Å². The highest BCUT2D eigenvalue weighted by Gasteiger charge is 2.44.